The molecule has 1 unspecified atom stereocenters. The summed E-state index contributed by atoms with van der Waals surface area (Å²) in [6.45, 7) is 12.0. The second-order valence-corrected chi connectivity index (χ2v) is 33.4. The second kappa shape index (κ2) is 48.2. The van der Waals surface area contributed by atoms with Crippen LogP contribution in [0.4, 0.5) is 0 Å². The highest BCUT2D eigenvalue weighted by molar-refractivity contribution is 8.00. The summed E-state index contributed by atoms with van der Waals surface area (Å²) >= 11 is 0.835. The molecular formula is C90H118N16O18S. The summed E-state index contributed by atoms with van der Waals surface area (Å²) in [6.07, 6.45) is 0.470. The van der Waals surface area contributed by atoms with Crippen LogP contribution in [0.3, 0.4) is 0 Å². The number of unbranched alkanes of at least 4 members (excludes halogenated alkanes) is 1. The number of hydrogen-bond acceptors (Lipinski definition) is 18. The molecule has 1 aliphatic heterocycles. The fraction of sp³-hybridized carbons (Fsp3) is 0.444. The molecule has 11 atom stereocenters. The van der Waals surface area contributed by atoms with Gasteiger partial charge in [-0.3, -0.25) is 76.7 Å². The summed E-state index contributed by atoms with van der Waals surface area (Å²) in [5.74, 6) is -16.6. The van der Waals surface area contributed by atoms with Crippen LogP contribution in [0.2, 0.25) is 0 Å². The maximum atomic E-state index is 15.5. The van der Waals surface area contributed by atoms with E-state index >= 15 is 28.8 Å². The van der Waals surface area contributed by atoms with E-state index in [1.165, 1.54) is 76.2 Å². The van der Waals surface area contributed by atoms with E-state index in [1.54, 1.807) is 149 Å². The number of benzene rings is 5. The quantitative estimate of drug-likeness (QED) is 0.0409. The first kappa shape index (κ1) is 99.2. The minimum Gasteiger partial charge on any atom is -0.508 e. The van der Waals surface area contributed by atoms with Gasteiger partial charge in [0.15, 0.2) is 0 Å². The van der Waals surface area contributed by atoms with Gasteiger partial charge in [0.05, 0.1) is 31.8 Å². The van der Waals surface area contributed by atoms with E-state index in [4.69, 9.17) is 5.73 Å². The van der Waals surface area contributed by atoms with Crippen molar-refractivity contribution < 1.29 is 86.9 Å². The van der Waals surface area contributed by atoms with Crippen molar-refractivity contribution in [1.82, 2.24) is 77.3 Å². The van der Waals surface area contributed by atoms with Crippen molar-refractivity contribution in [3.63, 3.8) is 0 Å². The largest absolute Gasteiger partial charge is 0.508 e. The van der Waals surface area contributed by atoms with Crippen LogP contribution in [0.1, 0.15) is 108 Å². The summed E-state index contributed by atoms with van der Waals surface area (Å²) in [4.78, 5) is 242. The van der Waals surface area contributed by atoms with Crippen LogP contribution >= 0.6 is 11.8 Å². The SMILES string of the molecule is C=C(C)[C@@H]1NC(=O)[C@H](CC(=O)O)NC(=O)CN(C)C(=O)[C@H](CCCC)N(C)C(=O)[C@H](Cc2ccccc2)N(C)C(=O)[C@H](Cc2ccccc2)NC(=O)CSC[C@@H](C(=O)NCC(N)=O)NC(=O)[C@H](CC(C)C)NC(=O)[C@H](Cc2ccc(O)cc2)NC(=O)[C@H](Cc2c[nH]c3ccccc23)NC(=O)CN(C)C(=O)[C@H](CC(C)C)NC(=O)C(Cc2ccccc2)N(C)C1=O. The van der Waals surface area contributed by atoms with Crippen molar-refractivity contribution in [2.45, 2.75) is 179 Å². The van der Waals surface area contributed by atoms with Crippen molar-refractivity contribution in [3.05, 3.63) is 186 Å². The third-order valence-electron chi connectivity index (χ3n) is 21.2. The number of carbonyl (C=O) groups is 16. The molecule has 0 saturated carbocycles. The van der Waals surface area contributed by atoms with E-state index in [0.717, 1.165) is 26.5 Å². The summed E-state index contributed by atoms with van der Waals surface area (Å²) in [6, 6.07) is 21.9. The number of rotatable bonds is 23. The number of phenols is 1. The molecule has 34 nitrogen and oxygen atoms in total. The van der Waals surface area contributed by atoms with Gasteiger partial charge in [0.25, 0.3) is 0 Å². The number of nitrogens with two attached hydrogens (primary N) is 1. The maximum Gasteiger partial charge on any atom is 0.305 e. The van der Waals surface area contributed by atoms with Crippen LogP contribution in [-0.2, 0) is 109 Å². The van der Waals surface area contributed by atoms with Gasteiger partial charge in [0.2, 0.25) is 88.6 Å². The molecule has 0 bridgehead atoms. The Balaban J connectivity index is 1.32. The highest BCUT2D eigenvalue weighted by Crippen LogP contribution is 2.24. The first-order chi connectivity index (χ1) is 59.3. The topological polar surface area (TPSA) is 480 Å². The molecule has 1 saturated heterocycles. The predicted octanol–water partition coefficient (Wildman–Crippen LogP) is 2.34. The Hall–Kier alpha value is -13.0. The first-order valence-corrected chi connectivity index (χ1v) is 42.6. The van der Waals surface area contributed by atoms with Crippen LogP contribution in [-0.4, -0.2) is 267 Å². The lowest BCUT2D eigenvalue weighted by molar-refractivity contribution is -0.151. The molecule has 5 aromatic carbocycles. The zero-order valence-electron chi connectivity index (χ0n) is 72.5. The van der Waals surface area contributed by atoms with E-state index < -0.39 is 193 Å². The lowest BCUT2D eigenvalue weighted by atomic mass is 9.99. The first-order valence-electron chi connectivity index (χ1n) is 41.5. The number of aromatic amines is 1. The Kier molecular flexibility index (Phi) is 38.2. The Morgan fingerprint density at radius 1 is 0.496 bits per heavy atom. The summed E-state index contributed by atoms with van der Waals surface area (Å²) in [7, 11) is 6.56. The summed E-state index contributed by atoms with van der Waals surface area (Å²) in [5.41, 5.74) is 8.78. The van der Waals surface area contributed by atoms with Crippen molar-refractivity contribution in [1.29, 1.82) is 0 Å². The Morgan fingerprint density at radius 3 is 1.52 bits per heavy atom. The van der Waals surface area contributed by atoms with Gasteiger partial charge in [-0.05, 0) is 89.6 Å². The fourth-order valence-electron chi connectivity index (χ4n) is 14.4. The number of fused-ring (bicyclic) bond motifs is 1. The van der Waals surface area contributed by atoms with E-state index in [1.807, 2.05) is 6.92 Å². The van der Waals surface area contributed by atoms with Crippen molar-refractivity contribution >= 4 is 117 Å². The number of amides is 15. The number of phenolic OH excluding ortho intramolecular Hbond substituents is 1. The number of primary amides is 1. The predicted molar refractivity (Wildman–Crippen MR) is 470 cm³/mol. The molecule has 0 aliphatic carbocycles. The summed E-state index contributed by atoms with van der Waals surface area (Å²) < 4.78 is 0. The highest BCUT2D eigenvalue weighted by Gasteiger charge is 2.42. The zero-order chi connectivity index (χ0) is 91.9. The third kappa shape index (κ3) is 30.5. The van der Waals surface area contributed by atoms with Crippen molar-refractivity contribution in [3.8, 4) is 5.75 Å². The molecule has 6 aromatic rings. The Labute approximate surface area is 731 Å². The number of H-pyrrole nitrogens is 1. The number of para-hydroxylation sites is 1. The Bertz CT molecular complexity index is 4790. The Morgan fingerprint density at radius 2 is 0.960 bits per heavy atom. The number of hydrogen-bond donors (Lipinski definition) is 13. The van der Waals surface area contributed by atoms with Crippen LogP contribution in [0.15, 0.2) is 158 Å². The third-order valence-corrected chi connectivity index (χ3v) is 22.2. The molecule has 1 aliphatic rings. The monoisotopic (exact) mass is 1740 g/mol. The number of likely N-dealkylation sites (N-methyl/N-ethyl adjacent to an activating group) is 5. The zero-order valence-corrected chi connectivity index (χ0v) is 73.3. The number of carboxylic acid groups (broad SMARTS) is 1. The number of carboxylic acids is 1. The molecule has 2 heterocycles. The van der Waals surface area contributed by atoms with Gasteiger partial charge in [-0.25, -0.2) is 0 Å². The van der Waals surface area contributed by atoms with Crippen LogP contribution in [0, 0.1) is 11.8 Å². The van der Waals surface area contributed by atoms with E-state index in [-0.39, 0.29) is 80.3 Å². The van der Waals surface area contributed by atoms with Gasteiger partial charge in [-0.15, -0.1) is 11.8 Å². The highest BCUT2D eigenvalue weighted by atomic mass is 32.2. The number of aliphatic carboxylic acids is 1. The molecule has 672 valence electrons. The number of nitrogens with zero attached hydrogens (tertiary/aromatic N) is 5. The number of carbonyl (C=O) groups excluding carboxylic acids is 15. The summed E-state index contributed by atoms with van der Waals surface area (Å²) in [5, 5.41) is 45.1. The average molecular weight is 1740 g/mol. The van der Waals surface area contributed by atoms with E-state index in [0.29, 0.717) is 51.6 Å². The van der Waals surface area contributed by atoms with Gasteiger partial charge in [-0.1, -0.05) is 175 Å². The normalized spacial score (nSPS) is 22.2. The number of aromatic nitrogens is 1. The molecule has 35 heteroatoms. The van der Waals surface area contributed by atoms with Crippen molar-refractivity contribution in [2.24, 2.45) is 17.6 Å². The molecule has 15 amide bonds. The number of thioether (sulfide) groups is 1. The average Bonchev–Trinajstić information content (AvgIpc) is 1.80. The molecule has 0 spiro atoms. The van der Waals surface area contributed by atoms with Crippen molar-refractivity contribution in [2.75, 3.05) is 66.4 Å². The minimum absolute atomic E-state index is 0.00366. The van der Waals surface area contributed by atoms with Gasteiger partial charge in [-0.2, -0.15) is 0 Å². The molecule has 1 fully saturated rings. The van der Waals surface area contributed by atoms with Gasteiger partial charge in [0, 0.05) is 90.2 Å². The molecule has 7 rings (SSSR count). The van der Waals surface area contributed by atoms with Gasteiger partial charge < -0.3 is 93.3 Å². The molecular weight excluding hydrogens is 1630 g/mol. The number of aromatic hydroxyl groups is 1. The lowest BCUT2D eigenvalue weighted by Crippen LogP contribution is -2.60. The molecule has 0 radical (unpaired) electrons. The van der Waals surface area contributed by atoms with E-state index in [9.17, 15) is 58.2 Å². The molecule has 14 N–H and O–H groups in total. The van der Waals surface area contributed by atoms with Crippen LogP contribution in [0.5, 0.6) is 5.75 Å². The smallest absolute Gasteiger partial charge is 0.305 e. The van der Waals surface area contributed by atoms with Crippen LogP contribution < -0.4 is 53.6 Å². The van der Waals surface area contributed by atoms with Gasteiger partial charge >= 0.3 is 5.97 Å². The van der Waals surface area contributed by atoms with Gasteiger partial charge in [0.1, 0.15) is 72.2 Å². The van der Waals surface area contributed by atoms with Crippen LogP contribution in [0.25, 0.3) is 10.9 Å². The molecule has 1 aromatic heterocycles. The minimum atomic E-state index is -1.92. The fourth-order valence-corrected chi connectivity index (χ4v) is 15.3. The lowest BCUT2D eigenvalue weighted by Gasteiger charge is -2.37. The molecule has 125 heavy (non-hydrogen) atoms. The standard InChI is InChI=1S/C90H118N16O18S/c1-13-14-34-71-88(122)103(9)50-76(110)95-67(46-78(112)113)84(118)101-79(55(6)7)90(124)105(11)72(43-57-28-20-16-21-29-57)85(119)99-68(40-54(4)5)86(120)102(8)49-75(109)94-66(45-60-47-92-63-33-25-24-32-62(60)63)83(117)98-65(41-59-35-37-61(107)38-36-59)82(116)97-64(39-53(2)3)81(115)100-70(80(114)93-48-74(91)108)51-125-52-77(111)96-69(42-56-26-18-15-19-27-56)87(121)106(12)73(89(123)104(71)10)44-58-30-22-17-23-31-58/h15-33,35-38,47,53-54,64-73,79,92,107H,6,13-14,34,39-46,48-52H2,1-5,7-12H3,(H2,91,108)(H,93,114)(H,94,109)(H,95,110)(H,96,111)(H,97,116)(H,98,117)(H,99,119)(H,100,115)(H,101,118)(H,112,113)/t64-,65-,66-,67-,68-,69-,70-,71-,72?,73-,79-/m0/s1. The van der Waals surface area contributed by atoms with E-state index in [2.05, 4.69) is 59.4 Å². The second-order valence-electron chi connectivity index (χ2n) is 32.4. The maximum absolute atomic E-state index is 15.5. The number of nitrogens with one attached hydrogen (secondary N) is 10.